The molecule has 3 rings (SSSR count). The van der Waals surface area contributed by atoms with Gasteiger partial charge in [0.25, 0.3) is 0 Å². The molecule has 2 aromatic carbocycles. The van der Waals surface area contributed by atoms with Crippen LogP contribution in [0.2, 0.25) is 0 Å². The topological polar surface area (TPSA) is 85.2 Å². The van der Waals surface area contributed by atoms with Gasteiger partial charge in [-0.15, -0.1) is 0 Å². The van der Waals surface area contributed by atoms with Gasteiger partial charge in [-0.1, -0.05) is 32.0 Å². The summed E-state index contributed by atoms with van der Waals surface area (Å²) in [4.78, 5) is 29.1. The maximum Gasteiger partial charge on any atom is 0.244 e. The summed E-state index contributed by atoms with van der Waals surface area (Å²) in [7, 11) is 1.59. The van der Waals surface area contributed by atoms with Gasteiger partial charge in [-0.3, -0.25) is 9.59 Å². The number of hydrogen-bond donors (Lipinski definition) is 2. The highest BCUT2D eigenvalue weighted by atomic mass is 16.5. The summed E-state index contributed by atoms with van der Waals surface area (Å²) in [5.41, 5.74) is 2.45. The van der Waals surface area contributed by atoms with E-state index in [9.17, 15) is 9.59 Å². The average Bonchev–Trinajstić information content (AvgIpc) is 3.08. The minimum Gasteiger partial charge on any atom is -0.497 e. The van der Waals surface area contributed by atoms with Gasteiger partial charge in [0.15, 0.2) is 0 Å². The van der Waals surface area contributed by atoms with Crippen molar-refractivity contribution < 1.29 is 14.3 Å². The van der Waals surface area contributed by atoms with Crippen molar-refractivity contribution in [1.29, 1.82) is 0 Å². The Morgan fingerprint density at radius 1 is 1.13 bits per heavy atom. The van der Waals surface area contributed by atoms with Crippen LogP contribution in [0.25, 0.3) is 11.0 Å². The molecule has 2 N–H and O–H groups in total. The van der Waals surface area contributed by atoms with Crippen LogP contribution in [0, 0.1) is 5.92 Å². The number of anilines is 1. The molecular weight excluding hydrogens is 380 g/mol. The van der Waals surface area contributed by atoms with Crippen LogP contribution in [-0.4, -0.2) is 35.0 Å². The second-order valence-corrected chi connectivity index (χ2v) is 7.43. The number of methoxy groups -OCH3 is 1. The lowest BCUT2D eigenvalue weighted by atomic mass is 10.2. The normalized spacial score (nSPS) is 10.9. The van der Waals surface area contributed by atoms with Gasteiger partial charge < -0.3 is 19.9 Å². The van der Waals surface area contributed by atoms with E-state index in [1.54, 1.807) is 13.2 Å². The predicted molar refractivity (Wildman–Crippen MR) is 118 cm³/mol. The Labute approximate surface area is 176 Å². The van der Waals surface area contributed by atoms with E-state index < -0.39 is 0 Å². The van der Waals surface area contributed by atoms with Crippen molar-refractivity contribution in [3.8, 4) is 5.75 Å². The number of ether oxygens (including phenoxy) is 1. The molecule has 0 radical (unpaired) electrons. The number of amides is 2. The van der Waals surface area contributed by atoms with Crippen molar-refractivity contribution in [3.05, 3.63) is 54.4 Å². The molecule has 158 valence electrons. The van der Waals surface area contributed by atoms with Crippen molar-refractivity contribution in [1.82, 2.24) is 14.9 Å². The number of aryl methyl sites for hydroxylation is 1. The Morgan fingerprint density at radius 2 is 1.93 bits per heavy atom. The third-order valence-electron chi connectivity index (χ3n) is 4.79. The van der Waals surface area contributed by atoms with E-state index in [0.29, 0.717) is 24.4 Å². The zero-order valence-corrected chi connectivity index (χ0v) is 17.6. The molecule has 30 heavy (non-hydrogen) atoms. The molecule has 0 fully saturated rings. The molecule has 7 heteroatoms. The van der Waals surface area contributed by atoms with E-state index in [4.69, 9.17) is 9.72 Å². The summed E-state index contributed by atoms with van der Waals surface area (Å²) in [6, 6.07) is 15.0. The quantitative estimate of drug-likeness (QED) is 0.532. The highest BCUT2D eigenvalue weighted by Crippen LogP contribution is 2.19. The molecule has 0 saturated heterocycles. The molecule has 3 aromatic rings. The lowest BCUT2D eigenvalue weighted by Gasteiger charge is -2.11. The van der Waals surface area contributed by atoms with E-state index in [2.05, 4.69) is 10.6 Å². The van der Waals surface area contributed by atoms with Crippen LogP contribution in [0.3, 0.4) is 0 Å². The van der Waals surface area contributed by atoms with Gasteiger partial charge in [0.1, 0.15) is 18.1 Å². The Balaban J connectivity index is 1.71. The number of para-hydroxylation sites is 2. The number of fused-ring (bicyclic) bond motifs is 1. The van der Waals surface area contributed by atoms with E-state index in [0.717, 1.165) is 23.3 Å². The zero-order valence-electron chi connectivity index (χ0n) is 17.6. The summed E-state index contributed by atoms with van der Waals surface area (Å²) in [5, 5.41) is 5.84. The Kier molecular flexibility index (Phi) is 7.06. The fourth-order valence-corrected chi connectivity index (χ4v) is 3.20. The Morgan fingerprint density at radius 3 is 2.70 bits per heavy atom. The molecular formula is C23H28N4O3. The molecule has 0 saturated carbocycles. The summed E-state index contributed by atoms with van der Waals surface area (Å²) in [6.45, 7) is 4.48. The van der Waals surface area contributed by atoms with E-state index >= 15 is 0 Å². The number of aromatic nitrogens is 2. The SMILES string of the molecule is COc1cccc(NC(=O)Cn2c(CCCNC(=O)C(C)C)nc3ccccc32)c1. The largest absolute Gasteiger partial charge is 0.497 e. The van der Waals surface area contributed by atoms with Gasteiger partial charge in [-0.2, -0.15) is 0 Å². The van der Waals surface area contributed by atoms with Crippen LogP contribution in [0.1, 0.15) is 26.1 Å². The van der Waals surface area contributed by atoms with E-state index in [1.807, 2.05) is 60.9 Å². The number of nitrogens with zero attached hydrogens (tertiary/aromatic N) is 2. The van der Waals surface area contributed by atoms with Gasteiger partial charge in [0.2, 0.25) is 11.8 Å². The standard InChI is InChI=1S/C23H28N4O3/c1-16(2)23(29)24-13-7-12-21-26-19-10-4-5-11-20(19)27(21)15-22(28)25-17-8-6-9-18(14-17)30-3/h4-6,8-11,14,16H,7,12-13,15H2,1-3H3,(H,24,29)(H,25,28). The first kappa shape index (κ1) is 21.4. The molecule has 0 spiro atoms. The predicted octanol–water partition coefficient (Wildman–Crippen LogP) is 3.39. The van der Waals surface area contributed by atoms with Gasteiger partial charge in [0.05, 0.1) is 18.1 Å². The smallest absolute Gasteiger partial charge is 0.244 e. The van der Waals surface area contributed by atoms with Gasteiger partial charge in [0, 0.05) is 30.6 Å². The summed E-state index contributed by atoms with van der Waals surface area (Å²) in [6.07, 6.45) is 1.42. The van der Waals surface area contributed by atoms with Gasteiger partial charge >= 0.3 is 0 Å². The van der Waals surface area contributed by atoms with Crippen LogP contribution in [0.4, 0.5) is 5.69 Å². The number of rotatable bonds is 9. The van der Waals surface area contributed by atoms with Crippen LogP contribution < -0.4 is 15.4 Å². The molecule has 1 aromatic heterocycles. The van der Waals surface area contributed by atoms with Crippen LogP contribution >= 0.6 is 0 Å². The first-order chi connectivity index (χ1) is 14.5. The minimum absolute atomic E-state index is 0.0325. The number of hydrogen-bond acceptors (Lipinski definition) is 4. The monoisotopic (exact) mass is 408 g/mol. The lowest BCUT2D eigenvalue weighted by molar-refractivity contribution is -0.124. The van der Waals surface area contributed by atoms with Crippen molar-refractivity contribution >= 4 is 28.5 Å². The zero-order chi connectivity index (χ0) is 21.5. The highest BCUT2D eigenvalue weighted by Gasteiger charge is 2.14. The maximum atomic E-state index is 12.7. The highest BCUT2D eigenvalue weighted by molar-refractivity contribution is 5.92. The molecule has 0 unspecified atom stereocenters. The van der Waals surface area contributed by atoms with Crippen LogP contribution in [0.15, 0.2) is 48.5 Å². The van der Waals surface area contributed by atoms with Crippen molar-refractivity contribution in [2.24, 2.45) is 5.92 Å². The first-order valence-corrected chi connectivity index (χ1v) is 10.1. The number of nitrogens with one attached hydrogen (secondary N) is 2. The first-order valence-electron chi connectivity index (χ1n) is 10.1. The summed E-state index contributed by atoms with van der Waals surface area (Å²) < 4.78 is 7.15. The molecule has 1 heterocycles. The third-order valence-corrected chi connectivity index (χ3v) is 4.79. The van der Waals surface area contributed by atoms with Crippen molar-refractivity contribution in [2.45, 2.75) is 33.2 Å². The number of carbonyl (C=O) groups is 2. The summed E-state index contributed by atoms with van der Waals surface area (Å²) in [5.74, 6) is 1.39. The molecule has 7 nitrogen and oxygen atoms in total. The number of imidazole rings is 1. The Bertz CT molecular complexity index is 1030. The fraction of sp³-hybridized carbons (Fsp3) is 0.348. The van der Waals surface area contributed by atoms with E-state index in [1.165, 1.54) is 0 Å². The number of benzene rings is 2. The van der Waals surface area contributed by atoms with Crippen LogP contribution in [-0.2, 0) is 22.6 Å². The molecule has 0 aliphatic rings. The molecule has 0 aliphatic carbocycles. The van der Waals surface area contributed by atoms with Gasteiger partial charge in [-0.05, 0) is 30.7 Å². The molecule has 0 bridgehead atoms. The Hall–Kier alpha value is -3.35. The minimum atomic E-state index is -0.138. The molecule has 0 atom stereocenters. The molecule has 2 amide bonds. The van der Waals surface area contributed by atoms with Crippen molar-refractivity contribution in [3.63, 3.8) is 0 Å². The van der Waals surface area contributed by atoms with Gasteiger partial charge in [-0.25, -0.2) is 4.98 Å². The van der Waals surface area contributed by atoms with Crippen LogP contribution in [0.5, 0.6) is 5.75 Å². The lowest BCUT2D eigenvalue weighted by Crippen LogP contribution is -2.29. The maximum absolute atomic E-state index is 12.7. The second-order valence-electron chi connectivity index (χ2n) is 7.43. The van der Waals surface area contributed by atoms with Crippen molar-refractivity contribution in [2.75, 3.05) is 19.0 Å². The number of carbonyl (C=O) groups excluding carboxylic acids is 2. The molecule has 0 aliphatic heterocycles. The van der Waals surface area contributed by atoms with E-state index in [-0.39, 0.29) is 24.3 Å². The second kappa shape index (κ2) is 9.91. The average molecular weight is 409 g/mol. The fourth-order valence-electron chi connectivity index (χ4n) is 3.20. The third kappa shape index (κ3) is 5.37. The summed E-state index contributed by atoms with van der Waals surface area (Å²) >= 11 is 0.